The first-order valence-electron chi connectivity index (χ1n) is 8.29. The summed E-state index contributed by atoms with van der Waals surface area (Å²) in [5, 5.41) is 3.51. The highest BCUT2D eigenvalue weighted by Crippen LogP contribution is 2.25. The predicted molar refractivity (Wildman–Crippen MR) is 97.0 cm³/mol. The van der Waals surface area contributed by atoms with Gasteiger partial charge in [-0.25, -0.2) is 9.78 Å². The number of nitrogens with one attached hydrogen (secondary N) is 1. The molecule has 0 saturated carbocycles. The summed E-state index contributed by atoms with van der Waals surface area (Å²) in [7, 11) is 1.33. The van der Waals surface area contributed by atoms with Gasteiger partial charge in [0.2, 0.25) is 5.91 Å². The van der Waals surface area contributed by atoms with Crippen molar-refractivity contribution < 1.29 is 19.1 Å². The van der Waals surface area contributed by atoms with Crippen molar-refractivity contribution in [1.29, 1.82) is 0 Å². The second-order valence-electron chi connectivity index (χ2n) is 5.84. The molecule has 2 amide bonds. The summed E-state index contributed by atoms with van der Waals surface area (Å²) in [5.74, 6) is -0.447. The van der Waals surface area contributed by atoms with E-state index in [9.17, 15) is 14.4 Å². The highest BCUT2D eigenvalue weighted by atomic mass is 32.1. The zero-order valence-electron chi connectivity index (χ0n) is 14.4. The molecule has 8 heteroatoms. The molecule has 0 spiro atoms. The lowest BCUT2D eigenvalue weighted by atomic mass is 10.1. The number of hydrogen-bond donors (Lipinski definition) is 1. The Hall–Kier alpha value is -2.74. The molecule has 1 saturated heterocycles. The molecule has 0 unspecified atom stereocenters. The van der Waals surface area contributed by atoms with Crippen molar-refractivity contribution in [2.24, 2.45) is 0 Å². The number of likely N-dealkylation sites (tertiary alicyclic amines) is 1. The van der Waals surface area contributed by atoms with Crippen molar-refractivity contribution >= 4 is 29.1 Å². The third-order valence-corrected chi connectivity index (χ3v) is 5.15. The monoisotopic (exact) mass is 373 g/mol. The third-order valence-electron chi connectivity index (χ3n) is 4.12. The number of benzene rings is 1. The summed E-state index contributed by atoms with van der Waals surface area (Å²) in [6, 6.07) is 7.01. The van der Waals surface area contributed by atoms with E-state index in [4.69, 9.17) is 0 Å². The number of thiazole rings is 1. The van der Waals surface area contributed by atoms with Crippen LogP contribution in [0.1, 0.15) is 32.9 Å². The van der Waals surface area contributed by atoms with Gasteiger partial charge in [0.1, 0.15) is 9.88 Å². The zero-order valence-corrected chi connectivity index (χ0v) is 15.2. The SMILES string of the molecule is COC(=O)c1cnc(-c2ccc(C(=O)NCCN3CCCC3=O)cc2)s1. The molecule has 1 aliphatic heterocycles. The first-order valence-corrected chi connectivity index (χ1v) is 9.10. The van der Waals surface area contributed by atoms with Gasteiger partial charge in [0.15, 0.2) is 0 Å². The number of amides is 2. The number of carbonyl (C=O) groups excluding carboxylic acids is 3. The van der Waals surface area contributed by atoms with Gasteiger partial charge < -0.3 is 15.0 Å². The van der Waals surface area contributed by atoms with Crippen molar-refractivity contribution in [3.8, 4) is 10.6 Å². The maximum atomic E-state index is 12.2. The van der Waals surface area contributed by atoms with Crippen molar-refractivity contribution in [3.05, 3.63) is 40.9 Å². The first-order chi connectivity index (χ1) is 12.6. The Bertz CT molecular complexity index is 816. The fourth-order valence-electron chi connectivity index (χ4n) is 2.71. The summed E-state index contributed by atoms with van der Waals surface area (Å²) < 4.78 is 4.67. The van der Waals surface area contributed by atoms with Crippen LogP contribution >= 0.6 is 11.3 Å². The molecule has 0 atom stereocenters. The van der Waals surface area contributed by atoms with Crippen LogP contribution in [0.4, 0.5) is 0 Å². The van der Waals surface area contributed by atoms with Gasteiger partial charge in [-0.05, 0) is 18.6 Å². The van der Waals surface area contributed by atoms with Gasteiger partial charge in [0, 0.05) is 37.2 Å². The summed E-state index contributed by atoms with van der Waals surface area (Å²) in [5.41, 5.74) is 1.36. The smallest absolute Gasteiger partial charge is 0.349 e. The maximum absolute atomic E-state index is 12.2. The Morgan fingerprint density at radius 1 is 1.31 bits per heavy atom. The van der Waals surface area contributed by atoms with Gasteiger partial charge in [0.25, 0.3) is 5.91 Å². The van der Waals surface area contributed by atoms with E-state index in [1.54, 1.807) is 29.2 Å². The number of esters is 1. The van der Waals surface area contributed by atoms with Gasteiger partial charge in [-0.15, -0.1) is 11.3 Å². The molecule has 2 heterocycles. The average Bonchev–Trinajstić information content (AvgIpc) is 3.31. The zero-order chi connectivity index (χ0) is 18.5. The Kier molecular flexibility index (Phi) is 5.62. The molecule has 1 N–H and O–H groups in total. The van der Waals surface area contributed by atoms with Gasteiger partial charge >= 0.3 is 5.97 Å². The largest absolute Gasteiger partial charge is 0.465 e. The molecule has 0 radical (unpaired) electrons. The van der Waals surface area contributed by atoms with E-state index in [-0.39, 0.29) is 11.8 Å². The van der Waals surface area contributed by atoms with E-state index >= 15 is 0 Å². The van der Waals surface area contributed by atoms with E-state index in [1.165, 1.54) is 24.6 Å². The molecule has 0 aliphatic carbocycles. The van der Waals surface area contributed by atoms with Crippen molar-refractivity contribution in [2.75, 3.05) is 26.7 Å². The molecule has 1 aromatic heterocycles. The van der Waals surface area contributed by atoms with E-state index in [0.717, 1.165) is 18.5 Å². The van der Waals surface area contributed by atoms with Crippen LogP contribution in [0.5, 0.6) is 0 Å². The van der Waals surface area contributed by atoms with Crippen LogP contribution in [0.25, 0.3) is 10.6 Å². The topological polar surface area (TPSA) is 88.6 Å². The molecule has 3 rings (SSSR count). The highest BCUT2D eigenvalue weighted by molar-refractivity contribution is 7.16. The normalized spacial score (nSPS) is 13.7. The number of nitrogens with zero attached hydrogens (tertiary/aromatic N) is 2. The number of hydrogen-bond acceptors (Lipinski definition) is 6. The first kappa shape index (κ1) is 18.1. The lowest BCUT2D eigenvalue weighted by molar-refractivity contribution is -0.127. The van der Waals surface area contributed by atoms with Gasteiger partial charge in [-0.2, -0.15) is 0 Å². The minimum absolute atomic E-state index is 0.151. The van der Waals surface area contributed by atoms with Crippen LogP contribution in [0, 0.1) is 0 Å². The van der Waals surface area contributed by atoms with E-state index < -0.39 is 5.97 Å². The standard InChI is InChI=1S/C18H19N3O4S/c1-25-18(24)14-11-20-17(26-14)13-6-4-12(5-7-13)16(23)19-8-10-21-9-2-3-15(21)22/h4-7,11H,2-3,8-10H2,1H3,(H,19,23). The quantitative estimate of drug-likeness (QED) is 0.782. The second kappa shape index (κ2) is 8.09. The van der Waals surface area contributed by atoms with Crippen LogP contribution in [0.3, 0.4) is 0 Å². The van der Waals surface area contributed by atoms with Crippen molar-refractivity contribution in [2.45, 2.75) is 12.8 Å². The highest BCUT2D eigenvalue weighted by Gasteiger charge is 2.19. The third kappa shape index (κ3) is 4.08. The molecule has 1 fully saturated rings. The summed E-state index contributed by atoms with van der Waals surface area (Å²) in [4.78, 5) is 41.6. The number of methoxy groups -OCH3 is 1. The lowest BCUT2D eigenvalue weighted by Gasteiger charge is -2.15. The molecular weight excluding hydrogens is 354 g/mol. The molecule has 1 aromatic carbocycles. The molecule has 7 nitrogen and oxygen atoms in total. The fraction of sp³-hybridized carbons (Fsp3) is 0.333. The fourth-order valence-corrected chi connectivity index (χ4v) is 3.55. The van der Waals surface area contributed by atoms with Gasteiger partial charge in [-0.1, -0.05) is 12.1 Å². The molecular formula is C18H19N3O4S. The lowest BCUT2D eigenvalue weighted by Crippen LogP contribution is -2.35. The van der Waals surface area contributed by atoms with Crippen LogP contribution in [-0.2, 0) is 9.53 Å². The van der Waals surface area contributed by atoms with Crippen LogP contribution < -0.4 is 5.32 Å². The molecule has 2 aromatic rings. The summed E-state index contributed by atoms with van der Waals surface area (Å²) in [6.07, 6.45) is 2.97. The number of rotatable bonds is 6. The molecule has 0 bridgehead atoms. The van der Waals surface area contributed by atoms with E-state index in [2.05, 4.69) is 15.0 Å². The number of ether oxygens (including phenoxy) is 1. The Labute approximate surface area is 155 Å². The van der Waals surface area contributed by atoms with Crippen LogP contribution in [0.15, 0.2) is 30.5 Å². The maximum Gasteiger partial charge on any atom is 0.349 e. The Morgan fingerprint density at radius 2 is 2.08 bits per heavy atom. The summed E-state index contributed by atoms with van der Waals surface area (Å²) in [6.45, 7) is 1.74. The minimum Gasteiger partial charge on any atom is -0.465 e. The van der Waals surface area contributed by atoms with E-state index in [1.807, 2.05) is 0 Å². The second-order valence-corrected chi connectivity index (χ2v) is 6.87. The minimum atomic E-state index is -0.416. The van der Waals surface area contributed by atoms with Gasteiger partial charge in [0.05, 0.1) is 13.3 Å². The van der Waals surface area contributed by atoms with Crippen LogP contribution in [-0.4, -0.2) is 54.4 Å². The summed E-state index contributed by atoms with van der Waals surface area (Å²) >= 11 is 1.24. The molecule has 26 heavy (non-hydrogen) atoms. The van der Waals surface area contributed by atoms with E-state index in [0.29, 0.717) is 35.0 Å². The average molecular weight is 373 g/mol. The number of aromatic nitrogens is 1. The van der Waals surface area contributed by atoms with Crippen molar-refractivity contribution in [3.63, 3.8) is 0 Å². The van der Waals surface area contributed by atoms with Gasteiger partial charge in [-0.3, -0.25) is 9.59 Å². The predicted octanol–water partition coefficient (Wildman–Crippen LogP) is 1.95. The molecule has 1 aliphatic rings. The Morgan fingerprint density at radius 3 is 2.73 bits per heavy atom. The molecule has 136 valence electrons. The van der Waals surface area contributed by atoms with Crippen LogP contribution in [0.2, 0.25) is 0 Å². The van der Waals surface area contributed by atoms with Crippen molar-refractivity contribution in [1.82, 2.24) is 15.2 Å². The number of carbonyl (C=O) groups is 3. The Balaban J connectivity index is 1.56.